The fourth-order valence-electron chi connectivity index (χ4n) is 1.00. The minimum Gasteiger partial charge on any atom is -0.342 e. The van der Waals surface area contributed by atoms with Crippen LogP contribution in [0.4, 0.5) is 0 Å². The van der Waals surface area contributed by atoms with Gasteiger partial charge in [-0.05, 0) is 28.9 Å². The number of hydrogen-bond donors (Lipinski definition) is 1. The second-order valence-electron chi connectivity index (χ2n) is 2.51. The number of imidazole rings is 1. The Bertz CT molecular complexity index is 353. The summed E-state index contributed by atoms with van der Waals surface area (Å²) in [5.74, 6) is 0.953. The summed E-state index contributed by atoms with van der Waals surface area (Å²) in [6.45, 7) is 1.95. The molecule has 2 heterocycles. The van der Waals surface area contributed by atoms with Crippen molar-refractivity contribution in [3.05, 3.63) is 27.9 Å². The first-order chi connectivity index (χ1) is 5.75. The van der Waals surface area contributed by atoms with Gasteiger partial charge in [0.05, 0.1) is 16.8 Å². The van der Waals surface area contributed by atoms with Crippen molar-refractivity contribution in [2.75, 3.05) is 0 Å². The molecule has 4 heteroatoms. The van der Waals surface area contributed by atoms with Crippen LogP contribution in [0.5, 0.6) is 0 Å². The van der Waals surface area contributed by atoms with E-state index >= 15 is 0 Å². The molecule has 0 amide bonds. The number of aromatic amines is 1. The molecular formula is C8H7BrN2S. The van der Waals surface area contributed by atoms with Crippen LogP contribution in [0.3, 0.4) is 0 Å². The summed E-state index contributed by atoms with van der Waals surface area (Å²) >= 11 is 5.11. The van der Waals surface area contributed by atoms with Gasteiger partial charge in [0.2, 0.25) is 0 Å². The standard InChI is InChI=1S/C8H7BrN2S/c1-5-10-3-7(11-5)8-2-6(9)4-12-8/h2-4H,1H3,(H,10,11). The number of hydrogen-bond acceptors (Lipinski definition) is 2. The molecule has 0 atom stereocenters. The minimum atomic E-state index is 0.953. The highest BCUT2D eigenvalue weighted by molar-refractivity contribution is 9.10. The van der Waals surface area contributed by atoms with Crippen LogP contribution in [-0.2, 0) is 0 Å². The lowest BCUT2D eigenvalue weighted by atomic mass is 10.4. The fourth-order valence-corrected chi connectivity index (χ4v) is 2.39. The van der Waals surface area contributed by atoms with Gasteiger partial charge in [-0.1, -0.05) is 0 Å². The quantitative estimate of drug-likeness (QED) is 0.818. The molecular weight excluding hydrogens is 236 g/mol. The van der Waals surface area contributed by atoms with Gasteiger partial charge >= 0.3 is 0 Å². The lowest BCUT2D eigenvalue weighted by Crippen LogP contribution is -1.72. The van der Waals surface area contributed by atoms with Crippen LogP contribution in [0.2, 0.25) is 0 Å². The summed E-state index contributed by atoms with van der Waals surface area (Å²) in [6, 6.07) is 2.08. The third-order valence-corrected chi connectivity index (χ3v) is 3.26. The number of aromatic nitrogens is 2. The minimum absolute atomic E-state index is 0.953. The van der Waals surface area contributed by atoms with Crippen molar-refractivity contribution >= 4 is 27.3 Å². The maximum atomic E-state index is 4.14. The Morgan fingerprint density at radius 1 is 1.58 bits per heavy atom. The molecule has 0 saturated heterocycles. The van der Waals surface area contributed by atoms with Crippen molar-refractivity contribution in [1.82, 2.24) is 9.97 Å². The summed E-state index contributed by atoms with van der Waals surface area (Å²) in [6.07, 6.45) is 1.85. The van der Waals surface area contributed by atoms with Gasteiger partial charge in [-0.2, -0.15) is 0 Å². The van der Waals surface area contributed by atoms with Gasteiger partial charge in [0, 0.05) is 9.85 Å². The average Bonchev–Trinajstić information content (AvgIpc) is 2.58. The molecule has 0 spiro atoms. The van der Waals surface area contributed by atoms with Crippen LogP contribution in [0.15, 0.2) is 22.1 Å². The number of nitrogens with one attached hydrogen (secondary N) is 1. The van der Waals surface area contributed by atoms with Crippen LogP contribution >= 0.6 is 27.3 Å². The van der Waals surface area contributed by atoms with Crippen molar-refractivity contribution in [3.8, 4) is 10.6 Å². The van der Waals surface area contributed by atoms with E-state index in [0.717, 1.165) is 16.0 Å². The van der Waals surface area contributed by atoms with Crippen LogP contribution in [-0.4, -0.2) is 9.97 Å². The zero-order valence-electron chi connectivity index (χ0n) is 6.47. The van der Waals surface area contributed by atoms with E-state index in [0.29, 0.717) is 0 Å². The number of H-pyrrole nitrogens is 1. The van der Waals surface area contributed by atoms with Gasteiger partial charge in [-0.25, -0.2) is 4.98 Å². The molecule has 0 aliphatic heterocycles. The van der Waals surface area contributed by atoms with Crippen LogP contribution in [0.1, 0.15) is 5.82 Å². The second-order valence-corrected chi connectivity index (χ2v) is 4.34. The predicted octanol–water partition coefficient (Wildman–Crippen LogP) is 3.21. The van der Waals surface area contributed by atoms with E-state index in [2.05, 4.69) is 37.3 Å². The van der Waals surface area contributed by atoms with Crippen LogP contribution in [0.25, 0.3) is 10.6 Å². The van der Waals surface area contributed by atoms with Crippen molar-refractivity contribution in [1.29, 1.82) is 0 Å². The molecule has 0 fully saturated rings. The number of nitrogens with zero attached hydrogens (tertiary/aromatic N) is 1. The first-order valence-corrected chi connectivity index (χ1v) is 5.19. The highest BCUT2D eigenvalue weighted by atomic mass is 79.9. The Labute approximate surface area is 82.8 Å². The molecule has 0 aliphatic rings. The fraction of sp³-hybridized carbons (Fsp3) is 0.125. The van der Waals surface area contributed by atoms with E-state index in [4.69, 9.17) is 0 Å². The summed E-state index contributed by atoms with van der Waals surface area (Å²) in [5, 5.41) is 2.06. The third-order valence-electron chi connectivity index (χ3n) is 1.54. The molecule has 0 bridgehead atoms. The smallest absolute Gasteiger partial charge is 0.103 e. The maximum Gasteiger partial charge on any atom is 0.103 e. The highest BCUT2D eigenvalue weighted by Gasteiger charge is 2.02. The maximum absolute atomic E-state index is 4.14. The van der Waals surface area contributed by atoms with Gasteiger partial charge in [-0.3, -0.25) is 0 Å². The Morgan fingerprint density at radius 3 is 2.92 bits per heavy atom. The molecule has 2 rings (SSSR count). The van der Waals surface area contributed by atoms with Gasteiger partial charge in [0.25, 0.3) is 0 Å². The lowest BCUT2D eigenvalue weighted by molar-refractivity contribution is 1.15. The normalized spacial score (nSPS) is 10.5. The molecule has 12 heavy (non-hydrogen) atoms. The number of thiophene rings is 1. The highest BCUT2D eigenvalue weighted by Crippen LogP contribution is 2.28. The van der Waals surface area contributed by atoms with E-state index in [9.17, 15) is 0 Å². The molecule has 62 valence electrons. The first-order valence-electron chi connectivity index (χ1n) is 3.52. The van der Waals surface area contributed by atoms with E-state index in [1.165, 1.54) is 4.88 Å². The molecule has 2 aromatic heterocycles. The van der Waals surface area contributed by atoms with E-state index in [-0.39, 0.29) is 0 Å². The zero-order valence-corrected chi connectivity index (χ0v) is 8.87. The topological polar surface area (TPSA) is 28.7 Å². The monoisotopic (exact) mass is 242 g/mol. The summed E-state index contributed by atoms with van der Waals surface area (Å²) in [4.78, 5) is 8.53. The molecule has 0 aliphatic carbocycles. The van der Waals surface area contributed by atoms with Crippen molar-refractivity contribution < 1.29 is 0 Å². The SMILES string of the molecule is Cc1ncc(-c2cc(Br)cs2)[nH]1. The summed E-state index contributed by atoms with van der Waals surface area (Å²) < 4.78 is 1.12. The first kappa shape index (κ1) is 8.01. The second kappa shape index (κ2) is 3.03. The Kier molecular flexibility index (Phi) is 2.02. The van der Waals surface area contributed by atoms with E-state index < -0.39 is 0 Å². The van der Waals surface area contributed by atoms with Crippen LogP contribution < -0.4 is 0 Å². The number of rotatable bonds is 1. The van der Waals surface area contributed by atoms with Crippen molar-refractivity contribution in [3.63, 3.8) is 0 Å². The Morgan fingerprint density at radius 2 is 2.42 bits per heavy atom. The molecule has 0 unspecified atom stereocenters. The molecule has 2 nitrogen and oxygen atoms in total. The van der Waals surface area contributed by atoms with Crippen molar-refractivity contribution in [2.24, 2.45) is 0 Å². The molecule has 0 saturated carbocycles. The number of aryl methyl sites for hydroxylation is 1. The molecule has 0 aromatic carbocycles. The van der Waals surface area contributed by atoms with E-state index in [1.807, 2.05) is 13.1 Å². The average molecular weight is 243 g/mol. The summed E-state index contributed by atoms with van der Waals surface area (Å²) in [7, 11) is 0. The van der Waals surface area contributed by atoms with Gasteiger partial charge in [0.15, 0.2) is 0 Å². The zero-order chi connectivity index (χ0) is 8.55. The van der Waals surface area contributed by atoms with Gasteiger partial charge in [-0.15, -0.1) is 11.3 Å². The summed E-state index contributed by atoms with van der Waals surface area (Å²) in [5.41, 5.74) is 1.09. The number of halogens is 1. The Hall–Kier alpha value is -0.610. The van der Waals surface area contributed by atoms with Gasteiger partial charge < -0.3 is 4.98 Å². The van der Waals surface area contributed by atoms with Gasteiger partial charge in [0.1, 0.15) is 5.82 Å². The molecule has 0 radical (unpaired) electrons. The molecule has 1 N–H and O–H groups in total. The van der Waals surface area contributed by atoms with Crippen LogP contribution in [0, 0.1) is 6.92 Å². The van der Waals surface area contributed by atoms with Crippen molar-refractivity contribution in [2.45, 2.75) is 6.92 Å². The third kappa shape index (κ3) is 1.44. The molecule has 2 aromatic rings. The largest absolute Gasteiger partial charge is 0.342 e. The predicted molar refractivity (Wildman–Crippen MR) is 54.3 cm³/mol. The van der Waals surface area contributed by atoms with E-state index in [1.54, 1.807) is 11.3 Å². The Balaban J connectivity index is 2.43. The lowest BCUT2D eigenvalue weighted by Gasteiger charge is -1.87.